The largest absolute Gasteiger partial charge is 0.390 e. The Hall–Kier alpha value is -2.93. The Morgan fingerprint density at radius 1 is 1.10 bits per heavy atom. The maximum Gasteiger partial charge on any atom is 0.283 e. The van der Waals surface area contributed by atoms with Gasteiger partial charge in [0, 0.05) is 53.5 Å². The highest BCUT2D eigenvalue weighted by molar-refractivity contribution is 5.88. The molecule has 3 aromatic rings. The standard InChI is InChI=1S/C27H32F5N5O2/c1-15-7-20-19-8-16(35-39)3-4-23(19)34-25(20)26(37(15)13-27(31,32)14-38)24-21(29)9-17(10-22(24)30)33-18-11-36(12-18)6-2-5-28/h3-4,8-10,15,18,26,33-35,38-39H,2,5-7,11-14H2,1H3. The van der Waals surface area contributed by atoms with E-state index in [-0.39, 0.29) is 17.3 Å². The van der Waals surface area contributed by atoms with E-state index >= 15 is 8.78 Å². The molecule has 39 heavy (non-hydrogen) atoms. The molecule has 12 heteroatoms. The van der Waals surface area contributed by atoms with E-state index in [1.54, 1.807) is 25.1 Å². The van der Waals surface area contributed by atoms with Crippen LogP contribution in [-0.4, -0.2) is 82.6 Å². The predicted octanol–water partition coefficient (Wildman–Crippen LogP) is 4.67. The van der Waals surface area contributed by atoms with Gasteiger partial charge in [0.2, 0.25) is 0 Å². The minimum Gasteiger partial charge on any atom is -0.390 e. The summed E-state index contributed by atoms with van der Waals surface area (Å²) in [5.41, 5.74) is 4.09. The number of fused-ring (bicyclic) bond motifs is 3. The third-order valence-electron chi connectivity index (χ3n) is 7.67. The van der Waals surface area contributed by atoms with Crippen molar-refractivity contribution in [2.75, 3.05) is 50.3 Å². The van der Waals surface area contributed by atoms with Gasteiger partial charge in [-0.15, -0.1) is 0 Å². The first-order valence-electron chi connectivity index (χ1n) is 13.0. The molecule has 0 aliphatic carbocycles. The van der Waals surface area contributed by atoms with Crippen LogP contribution in [0.2, 0.25) is 0 Å². The van der Waals surface area contributed by atoms with Crippen molar-refractivity contribution < 1.29 is 32.3 Å². The van der Waals surface area contributed by atoms with Gasteiger partial charge in [0.1, 0.15) is 18.2 Å². The van der Waals surface area contributed by atoms with Crippen molar-refractivity contribution in [2.24, 2.45) is 0 Å². The van der Waals surface area contributed by atoms with Crippen LogP contribution in [0.4, 0.5) is 33.3 Å². The fourth-order valence-corrected chi connectivity index (χ4v) is 5.79. The molecule has 5 rings (SSSR count). The zero-order chi connectivity index (χ0) is 27.9. The molecule has 2 aliphatic rings. The third kappa shape index (κ3) is 5.43. The number of likely N-dealkylation sites (tertiary alicyclic amines) is 1. The number of aliphatic hydroxyl groups excluding tert-OH is 1. The molecule has 212 valence electrons. The lowest BCUT2D eigenvalue weighted by atomic mass is 9.87. The van der Waals surface area contributed by atoms with Crippen molar-refractivity contribution in [3.8, 4) is 0 Å². The van der Waals surface area contributed by atoms with E-state index in [0.29, 0.717) is 60.3 Å². The first kappa shape index (κ1) is 27.6. The molecule has 0 saturated carbocycles. The topological polar surface area (TPSA) is 86.8 Å². The van der Waals surface area contributed by atoms with Gasteiger partial charge >= 0.3 is 0 Å². The van der Waals surface area contributed by atoms with Gasteiger partial charge in [-0.3, -0.25) is 24.9 Å². The SMILES string of the molecule is CC1Cc2c([nH]c3ccc(NO)cc23)C(c2c(F)cc(NC3CN(CCCF)C3)cc2F)N1CC(F)(F)CO. The second-order valence-electron chi connectivity index (χ2n) is 10.5. The molecular weight excluding hydrogens is 521 g/mol. The van der Waals surface area contributed by atoms with Crippen LogP contribution in [0, 0.1) is 11.6 Å². The number of aromatic amines is 1. The van der Waals surface area contributed by atoms with E-state index in [0.717, 1.165) is 0 Å². The highest BCUT2D eigenvalue weighted by atomic mass is 19.3. The van der Waals surface area contributed by atoms with Gasteiger partial charge in [0.25, 0.3) is 5.92 Å². The van der Waals surface area contributed by atoms with Gasteiger partial charge in [0.05, 0.1) is 31.0 Å². The van der Waals surface area contributed by atoms with Gasteiger partial charge in [-0.05, 0) is 55.7 Å². The summed E-state index contributed by atoms with van der Waals surface area (Å²) in [5, 5.41) is 22.4. The van der Waals surface area contributed by atoms with E-state index < -0.39 is 49.5 Å². The second-order valence-corrected chi connectivity index (χ2v) is 10.5. The smallest absolute Gasteiger partial charge is 0.283 e. The number of alkyl halides is 3. The number of anilines is 2. The van der Waals surface area contributed by atoms with Crippen LogP contribution in [0.3, 0.4) is 0 Å². The number of aliphatic hydroxyl groups is 1. The van der Waals surface area contributed by atoms with E-state index in [2.05, 4.69) is 15.8 Å². The van der Waals surface area contributed by atoms with Crippen LogP contribution in [0.1, 0.15) is 36.2 Å². The molecule has 0 spiro atoms. The third-order valence-corrected chi connectivity index (χ3v) is 7.67. The lowest BCUT2D eigenvalue weighted by Crippen LogP contribution is -2.54. The molecule has 1 aromatic heterocycles. The molecule has 7 nitrogen and oxygen atoms in total. The summed E-state index contributed by atoms with van der Waals surface area (Å²) in [6.07, 6.45) is 0.746. The first-order chi connectivity index (χ1) is 18.6. The van der Waals surface area contributed by atoms with Crippen LogP contribution >= 0.6 is 0 Å². The normalized spacial score (nSPS) is 20.7. The Labute approximate surface area is 222 Å². The molecule has 0 amide bonds. The van der Waals surface area contributed by atoms with Crippen molar-refractivity contribution >= 4 is 22.3 Å². The lowest BCUT2D eigenvalue weighted by Gasteiger charge is -2.42. The van der Waals surface area contributed by atoms with Gasteiger partial charge in [-0.25, -0.2) is 17.6 Å². The van der Waals surface area contributed by atoms with E-state index in [4.69, 9.17) is 0 Å². The van der Waals surface area contributed by atoms with E-state index in [9.17, 15) is 23.5 Å². The van der Waals surface area contributed by atoms with Gasteiger partial charge in [-0.1, -0.05) is 0 Å². The number of rotatable bonds is 10. The number of hydrogen-bond donors (Lipinski definition) is 5. The number of benzene rings is 2. The van der Waals surface area contributed by atoms with Crippen LogP contribution < -0.4 is 10.8 Å². The maximum atomic E-state index is 15.7. The molecule has 2 aromatic carbocycles. The zero-order valence-electron chi connectivity index (χ0n) is 21.5. The highest BCUT2D eigenvalue weighted by Crippen LogP contribution is 2.44. The van der Waals surface area contributed by atoms with Crippen LogP contribution in [0.25, 0.3) is 10.9 Å². The molecule has 2 aliphatic heterocycles. The van der Waals surface area contributed by atoms with Crippen LogP contribution in [0.5, 0.6) is 0 Å². The average molecular weight is 554 g/mol. The minimum absolute atomic E-state index is 0.0432. The van der Waals surface area contributed by atoms with Crippen molar-refractivity contribution in [1.29, 1.82) is 0 Å². The molecule has 2 atom stereocenters. The fourth-order valence-electron chi connectivity index (χ4n) is 5.79. The Balaban J connectivity index is 1.52. The molecule has 3 heterocycles. The van der Waals surface area contributed by atoms with Crippen molar-refractivity contribution in [2.45, 2.75) is 43.8 Å². The summed E-state index contributed by atoms with van der Waals surface area (Å²) in [4.78, 5) is 6.53. The van der Waals surface area contributed by atoms with Gasteiger partial charge in [-0.2, -0.15) is 0 Å². The average Bonchev–Trinajstić information content (AvgIpc) is 3.23. The molecule has 0 bridgehead atoms. The van der Waals surface area contributed by atoms with Gasteiger partial charge in [0.15, 0.2) is 0 Å². The summed E-state index contributed by atoms with van der Waals surface area (Å²) in [6.45, 7) is 0.872. The second kappa shape index (κ2) is 10.9. The number of H-pyrrole nitrogens is 1. The number of halogens is 5. The molecule has 1 fully saturated rings. The number of nitrogens with zero attached hydrogens (tertiary/aromatic N) is 2. The summed E-state index contributed by atoms with van der Waals surface area (Å²) in [6, 6.07) is 5.51. The molecule has 5 N–H and O–H groups in total. The summed E-state index contributed by atoms with van der Waals surface area (Å²) in [7, 11) is 0. The monoisotopic (exact) mass is 553 g/mol. The molecule has 1 saturated heterocycles. The number of nitrogens with one attached hydrogen (secondary N) is 3. The van der Waals surface area contributed by atoms with Crippen molar-refractivity contribution in [1.82, 2.24) is 14.8 Å². The molecular formula is C27H32F5N5O2. The fraction of sp³-hybridized carbons (Fsp3) is 0.481. The lowest BCUT2D eigenvalue weighted by molar-refractivity contribution is -0.0869. The number of hydrogen-bond acceptors (Lipinski definition) is 6. The predicted molar refractivity (Wildman–Crippen MR) is 138 cm³/mol. The summed E-state index contributed by atoms with van der Waals surface area (Å²) in [5.74, 6) is -5.26. The van der Waals surface area contributed by atoms with Crippen LogP contribution in [-0.2, 0) is 6.42 Å². The van der Waals surface area contributed by atoms with Gasteiger partial charge < -0.3 is 15.4 Å². The Kier molecular flexibility index (Phi) is 7.73. The van der Waals surface area contributed by atoms with E-state index in [1.807, 2.05) is 4.90 Å². The minimum atomic E-state index is -3.49. The Bertz CT molecular complexity index is 1310. The van der Waals surface area contributed by atoms with Crippen molar-refractivity contribution in [3.63, 3.8) is 0 Å². The van der Waals surface area contributed by atoms with E-state index in [1.165, 1.54) is 17.0 Å². The zero-order valence-corrected chi connectivity index (χ0v) is 21.5. The summed E-state index contributed by atoms with van der Waals surface area (Å²) >= 11 is 0. The quantitative estimate of drug-likeness (QED) is 0.185. The summed E-state index contributed by atoms with van der Waals surface area (Å²) < 4.78 is 72.8. The van der Waals surface area contributed by atoms with Crippen molar-refractivity contribution in [3.05, 3.63) is 58.8 Å². The number of aromatic nitrogens is 1. The Morgan fingerprint density at radius 3 is 2.46 bits per heavy atom. The Morgan fingerprint density at radius 2 is 1.82 bits per heavy atom. The van der Waals surface area contributed by atoms with Crippen LogP contribution in [0.15, 0.2) is 30.3 Å². The molecule has 0 radical (unpaired) electrons. The maximum absolute atomic E-state index is 15.7. The molecule has 2 unspecified atom stereocenters. The first-order valence-corrected chi connectivity index (χ1v) is 13.0. The highest BCUT2D eigenvalue weighted by Gasteiger charge is 2.43.